The molecule has 2 N–H and O–H groups in total. The summed E-state index contributed by atoms with van der Waals surface area (Å²) in [6, 6.07) is 13.4. The topological polar surface area (TPSA) is 97.6 Å². The number of rotatable bonds is 6. The predicted octanol–water partition coefficient (Wildman–Crippen LogP) is 4.54. The van der Waals surface area contributed by atoms with Crippen molar-refractivity contribution in [2.75, 3.05) is 10.0 Å². The van der Waals surface area contributed by atoms with Gasteiger partial charge in [0, 0.05) is 11.4 Å². The molecule has 0 aliphatic rings. The Balaban J connectivity index is 1.71. The average molecular weight is 440 g/mol. The number of halogens is 3. The van der Waals surface area contributed by atoms with E-state index in [-0.39, 0.29) is 11.4 Å². The maximum absolute atomic E-state index is 12.4. The molecule has 0 saturated heterocycles. The molecular formula is C19H15F3N2O5S. The molecule has 0 aliphatic carbocycles. The van der Waals surface area contributed by atoms with E-state index in [0.717, 1.165) is 35.9 Å². The zero-order valence-electron chi connectivity index (χ0n) is 15.4. The minimum absolute atomic E-state index is 0.0214. The van der Waals surface area contributed by atoms with Crippen LogP contribution in [0.1, 0.15) is 16.1 Å². The maximum Gasteiger partial charge on any atom is 0.573 e. The van der Waals surface area contributed by atoms with Crippen molar-refractivity contribution < 1.29 is 35.5 Å². The van der Waals surface area contributed by atoms with Crippen LogP contribution in [0.25, 0.3) is 0 Å². The SMILES string of the molecule is Cc1ccccc1NC(=O)c1ccc(S(=O)(=O)Nc2ccc(OC(F)(F)F)cc2)o1. The van der Waals surface area contributed by atoms with Gasteiger partial charge in [-0.3, -0.25) is 9.52 Å². The van der Waals surface area contributed by atoms with Crippen molar-refractivity contribution in [3.63, 3.8) is 0 Å². The number of alkyl halides is 3. The monoisotopic (exact) mass is 440 g/mol. The molecule has 3 aromatic rings. The molecule has 0 aliphatic heterocycles. The van der Waals surface area contributed by atoms with Gasteiger partial charge in [-0.15, -0.1) is 13.2 Å². The molecule has 30 heavy (non-hydrogen) atoms. The van der Waals surface area contributed by atoms with E-state index >= 15 is 0 Å². The highest BCUT2D eigenvalue weighted by atomic mass is 32.2. The molecule has 1 aromatic heterocycles. The van der Waals surface area contributed by atoms with E-state index in [0.29, 0.717) is 5.69 Å². The van der Waals surface area contributed by atoms with Gasteiger partial charge in [-0.2, -0.15) is 8.42 Å². The lowest BCUT2D eigenvalue weighted by atomic mass is 10.2. The van der Waals surface area contributed by atoms with E-state index in [1.807, 2.05) is 0 Å². The normalized spacial score (nSPS) is 11.7. The van der Waals surface area contributed by atoms with Crippen molar-refractivity contribution in [2.24, 2.45) is 0 Å². The second kappa shape index (κ2) is 8.11. The highest BCUT2D eigenvalue weighted by molar-refractivity contribution is 7.92. The summed E-state index contributed by atoms with van der Waals surface area (Å²) in [5.74, 6) is -1.37. The quantitative estimate of drug-likeness (QED) is 0.587. The van der Waals surface area contributed by atoms with Gasteiger partial charge in [0.25, 0.3) is 15.9 Å². The van der Waals surface area contributed by atoms with Crippen LogP contribution in [0, 0.1) is 6.92 Å². The van der Waals surface area contributed by atoms with Crippen LogP contribution in [-0.4, -0.2) is 20.7 Å². The number of carbonyl (C=O) groups excluding carboxylic acids is 1. The molecule has 0 saturated carbocycles. The zero-order chi connectivity index (χ0) is 21.9. The average Bonchev–Trinajstić information content (AvgIpc) is 3.15. The number of sulfonamides is 1. The van der Waals surface area contributed by atoms with Gasteiger partial charge in [0.1, 0.15) is 5.75 Å². The molecule has 1 heterocycles. The van der Waals surface area contributed by atoms with Crippen molar-refractivity contribution in [3.05, 3.63) is 72.0 Å². The first-order valence-electron chi connectivity index (χ1n) is 8.39. The number of ether oxygens (including phenoxy) is 1. The van der Waals surface area contributed by atoms with E-state index in [1.165, 1.54) is 6.07 Å². The fraction of sp³-hybridized carbons (Fsp3) is 0.105. The molecule has 0 unspecified atom stereocenters. The Morgan fingerprint density at radius 3 is 2.30 bits per heavy atom. The van der Waals surface area contributed by atoms with Crippen LogP contribution in [0.4, 0.5) is 24.5 Å². The molecule has 7 nitrogen and oxygen atoms in total. The number of para-hydroxylation sites is 1. The van der Waals surface area contributed by atoms with Crippen molar-refractivity contribution >= 4 is 27.3 Å². The lowest BCUT2D eigenvalue weighted by Gasteiger charge is -2.10. The van der Waals surface area contributed by atoms with Crippen LogP contribution in [-0.2, 0) is 10.0 Å². The van der Waals surface area contributed by atoms with Crippen molar-refractivity contribution in [1.29, 1.82) is 0 Å². The number of amides is 1. The van der Waals surface area contributed by atoms with Gasteiger partial charge in [0.15, 0.2) is 5.76 Å². The third-order valence-corrected chi connectivity index (χ3v) is 5.06. The van der Waals surface area contributed by atoms with Crippen molar-refractivity contribution in [2.45, 2.75) is 18.4 Å². The Morgan fingerprint density at radius 2 is 1.67 bits per heavy atom. The third-order valence-electron chi connectivity index (χ3n) is 3.80. The Hall–Kier alpha value is -3.47. The summed E-state index contributed by atoms with van der Waals surface area (Å²) >= 11 is 0. The molecule has 3 rings (SSSR count). The van der Waals surface area contributed by atoms with E-state index in [1.54, 1.807) is 31.2 Å². The maximum atomic E-state index is 12.4. The Morgan fingerprint density at radius 1 is 1.00 bits per heavy atom. The summed E-state index contributed by atoms with van der Waals surface area (Å²) in [5.41, 5.74) is 1.33. The van der Waals surface area contributed by atoms with Gasteiger partial charge >= 0.3 is 6.36 Å². The number of hydrogen-bond acceptors (Lipinski definition) is 5. The largest absolute Gasteiger partial charge is 0.573 e. The van der Waals surface area contributed by atoms with Gasteiger partial charge in [0.05, 0.1) is 0 Å². The second-order valence-electron chi connectivity index (χ2n) is 6.07. The van der Waals surface area contributed by atoms with Crippen LogP contribution in [0.5, 0.6) is 5.75 Å². The number of nitrogens with one attached hydrogen (secondary N) is 2. The van der Waals surface area contributed by atoms with Crippen molar-refractivity contribution in [1.82, 2.24) is 0 Å². The number of aryl methyl sites for hydroxylation is 1. The lowest BCUT2D eigenvalue weighted by Crippen LogP contribution is -2.17. The number of carbonyl (C=O) groups is 1. The molecule has 0 radical (unpaired) electrons. The predicted molar refractivity (Wildman–Crippen MR) is 102 cm³/mol. The Kier molecular flexibility index (Phi) is 5.74. The molecule has 0 atom stereocenters. The number of furan rings is 1. The summed E-state index contributed by atoms with van der Waals surface area (Å²) in [4.78, 5) is 12.3. The summed E-state index contributed by atoms with van der Waals surface area (Å²) < 4.78 is 72.4. The minimum Gasteiger partial charge on any atom is -0.438 e. The molecule has 0 spiro atoms. The first kappa shape index (κ1) is 21.2. The van der Waals surface area contributed by atoms with Crippen LogP contribution in [0.15, 0.2) is 70.2 Å². The number of benzene rings is 2. The van der Waals surface area contributed by atoms with E-state index in [2.05, 4.69) is 14.8 Å². The summed E-state index contributed by atoms with van der Waals surface area (Å²) in [6.45, 7) is 1.79. The molecule has 0 fully saturated rings. The zero-order valence-corrected chi connectivity index (χ0v) is 16.2. The van der Waals surface area contributed by atoms with Crippen LogP contribution >= 0.6 is 0 Å². The fourth-order valence-electron chi connectivity index (χ4n) is 2.41. The molecule has 158 valence electrons. The lowest BCUT2D eigenvalue weighted by molar-refractivity contribution is -0.274. The van der Waals surface area contributed by atoms with E-state index < -0.39 is 33.1 Å². The molecule has 0 bridgehead atoms. The highest BCUT2D eigenvalue weighted by Crippen LogP contribution is 2.25. The smallest absolute Gasteiger partial charge is 0.438 e. The standard InChI is InChI=1S/C19H15F3N2O5S/c1-12-4-2-3-5-15(12)23-18(25)16-10-11-17(28-16)30(26,27)24-13-6-8-14(9-7-13)29-19(20,21)22/h2-11,24H,1H3,(H,23,25). The van der Waals surface area contributed by atoms with E-state index in [9.17, 15) is 26.4 Å². The third kappa shape index (κ3) is 5.32. The first-order valence-corrected chi connectivity index (χ1v) is 9.87. The summed E-state index contributed by atoms with van der Waals surface area (Å²) in [6.07, 6.45) is -4.86. The highest BCUT2D eigenvalue weighted by Gasteiger charge is 2.31. The number of anilines is 2. The Labute approximate surface area is 169 Å². The molecule has 2 aromatic carbocycles. The molecular weight excluding hydrogens is 425 g/mol. The number of hydrogen-bond donors (Lipinski definition) is 2. The van der Waals surface area contributed by atoms with Crippen molar-refractivity contribution in [3.8, 4) is 5.75 Å². The fourth-order valence-corrected chi connectivity index (χ4v) is 3.41. The minimum atomic E-state index is -4.86. The van der Waals surface area contributed by atoms with Gasteiger partial charge in [-0.1, -0.05) is 18.2 Å². The summed E-state index contributed by atoms with van der Waals surface area (Å²) in [7, 11) is -4.21. The first-order chi connectivity index (χ1) is 14.0. The second-order valence-corrected chi connectivity index (χ2v) is 7.68. The van der Waals surface area contributed by atoms with Gasteiger partial charge in [-0.05, 0) is 55.0 Å². The summed E-state index contributed by atoms with van der Waals surface area (Å²) in [5, 5.41) is 2.08. The van der Waals surface area contributed by atoms with E-state index in [4.69, 9.17) is 4.42 Å². The molecule has 11 heteroatoms. The van der Waals surface area contributed by atoms with Crippen LogP contribution < -0.4 is 14.8 Å². The van der Waals surface area contributed by atoms with Crippen LogP contribution in [0.2, 0.25) is 0 Å². The Bertz CT molecular complexity index is 1160. The van der Waals surface area contributed by atoms with Crippen LogP contribution in [0.3, 0.4) is 0 Å². The van der Waals surface area contributed by atoms with Gasteiger partial charge in [0.2, 0.25) is 5.09 Å². The molecule has 1 amide bonds. The van der Waals surface area contributed by atoms with Gasteiger partial charge in [-0.25, -0.2) is 0 Å². The van der Waals surface area contributed by atoms with Gasteiger partial charge < -0.3 is 14.5 Å².